The smallest absolute Gasteiger partial charge is 0.325 e. The van der Waals surface area contributed by atoms with Gasteiger partial charge in [-0.25, -0.2) is 9.18 Å². The van der Waals surface area contributed by atoms with E-state index in [2.05, 4.69) is 16.0 Å². The summed E-state index contributed by atoms with van der Waals surface area (Å²) in [6.07, 6.45) is 1.70. The highest BCUT2D eigenvalue weighted by Gasteiger charge is 2.51. The van der Waals surface area contributed by atoms with Gasteiger partial charge >= 0.3 is 6.03 Å². The molecule has 0 aliphatic carbocycles. The molecular formula is C25H23FN4O5. The number of benzene rings is 2. The molecule has 1 aliphatic heterocycles. The van der Waals surface area contributed by atoms with Crippen LogP contribution in [0.15, 0.2) is 71.3 Å². The van der Waals surface area contributed by atoms with Crippen molar-refractivity contribution in [3.63, 3.8) is 0 Å². The maximum Gasteiger partial charge on any atom is 0.325 e. The fraction of sp³-hybridized carbons (Fsp3) is 0.200. The molecule has 5 amide bonds. The van der Waals surface area contributed by atoms with E-state index in [9.17, 15) is 23.6 Å². The Morgan fingerprint density at radius 1 is 1.06 bits per heavy atom. The van der Waals surface area contributed by atoms with E-state index in [0.717, 1.165) is 4.90 Å². The number of nitrogens with one attached hydrogen (secondary N) is 3. The minimum Gasteiger partial charge on any atom is -0.467 e. The first-order valence-electron chi connectivity index (χ1n) is 10.9. The predicted octanol–water partition coefficient (Wildman–Crippen LogP) is 3.14. The Hall–Kier alpha value is -4.47. The second-order valence-electron chi connectivity index (χ2n) is 7.94. The molecular weight excluding hydrogens is 455 g/mol. The molecule has 1 fully saturated rings. The van der Waals surface area contributed by atoms with E-state index in [0.29, 0.717) is 11.3 Å². The van der Waals surface area contributed by atoms with Gasteiger partial charge in [0, 0.05) is 0 Å². The number of para-hydroxylation sites is 1. The van der Waals surface area contributed by atoms with Crippen LogP contribution in [0.1, 0.15) is 35.0 Å². The summed E-state index contributed by atoms with van der Waals surface area (Å²) in [7, 11) is 0. The van der Waals surface area contributed by atoms with Gasteiger partial charge in [0.15, 0.2) is 0 Å². The predicted molar refractivity (Wildman–Crippen MR) is 124 cm³/mol. The van der Waals surface area contributed by atoms with Crippen molar-refractivity contribution in [3.8, 4) is 0 Å². The number of amides is 5. The minimum atomic E-state index is -1.39. The van der Waals surface area contributed by atoms with Crippen molar-refractivity contribution in [2.45, 2.75) is 25.4 Å². The van der Waals surface area contributed by atoms with Gasteiger partial charge in [-0.1, -0.05) is 31.2 Å². The fourth-order valence-corrected chi connectivity index (χ4v) is 3.94. The van der Waals surface area contributed by atoms with Gasteiger partial charge in [0.1, 0.15) is 23.7 Å². The first-order valence-corrected chi connectivity index (χ1v) is 10.9. The maximum absolute atomic E-state index is 13.4. The van der Waals surface area contributed by atoms with Gasteiger partial charge in [-0.3, -0.25) is 19.3 Å². The van der Waals surface area contributed by atoms with Crippen molar-refractivity contribution < 1.29 is 28.0 Å². The molecule has 3 aromatic rings. The summed E-state index contributed by atoms with van der Waals surface area (Å²) in [6, 6.07) is 14.3. The lowest BCUT2D eigenvalue weighted by Gasteiger charge is -2.25. The molecule has 0 radical (unpaired) electrons. The van der Waals surface area contributed by atoms with E-state index < -0.39 is 41.7 Å². The van der Waals surface area contributed by atoms with Crippen LogP contribution in [0.5, 0.6) is 0 Å². The molecule has 35 heavy (non-hydrogen) atoms. The summed E-state index contributed by atoms with van der Waals surface area (Å²) in [6.45, 7) is 1.32. The number of nitrogens with zero attached hydrogens (tertiary/aromatic N) is 1. The molecule has 4 rings (SSSR count). The molecule has 9 nitrogen and oxygen atoms in total. The van der Waals surface area contributed by atoms with Crippen LogP contribution >= 0.6 is 0 Å². The summed E-state index contributed by atoms with van der Waals surface area (Å²) < 4.78 is 18.6. The number of rotatable bonds is 8. The van der Waals surface area contributed by atoms with Crippen LogP contribution in [-0.4, -0.2) is 35.2 Å². The molecule has 1 saturated heterocycles. The molecule has 3 N–H and O–H groups in total. The van der Waals surface area contributed by atoms with E-state index in [1.54, 1.807) is 37.3 Å². The molecule has 0 saturated carbocycles. The highest BCUT2D eigenvalue weighted by atomic mass is 19.1. The van der Waals surface area contributed by atoms with E-state index >= 15 is 0 Å². The summed E-state index contributed by atoms with van der Waals surface area (Å²) in [5.74, 6) is -1.62. The second kappa shape index (κ2) is 9.80. The van der Waals surface area contributed by atoms with Crippen LogP contribution in [-0.2, 0) is 21.7 Å². The van der Waals surface area contributed by atoms with Crippen LogP contribution < -0.4 is 16.0 Å². The van der Waals surface area contributed by atoms with Gasteiger partial charge in [0.2, 0.25) is 5.91 Å². The fourth-order valence-electron chi connectivity index (χ4n) is 3.94. The summed E-state index contributed by atoms with van der Waals surface area (Å²) >= 11 is 0. The normalized spacial score (nSPS) is 17.3. The van der Waals surface area contributed by atoms with Crippen molar-refractivity contribution >= 4 is 29.4 Å². The zero-order chi connectivity index (χ0) is 25.0. The number of carbonyl (C=O) groups excluding carboxylic acids is 4. The zero-order valence-corrected chi connectivity index (χ0v) is 18.8. The van der Waals surface area contributed by atoms with Crippen LogP contribution in [0, 0.1) is 5.82 Å². The highest BCUT2D eigenvalue weighted by molar-refractivity contribution is 6.11. The third-order valence-electron chi connectivity index (χ3n) is 5.79. The second-order valence-corrected chi connectivity index (χ2v) is 7.94. The molecule has 1 unspecified atom stereocenters. The number of imide groups is 1. The number of urea groups is 1. The van der Waals surface area contributed by atoms with E-state index in [1.165, 1.54) is 36.6 Å². The minimum absolute atomic E-state index is 0.166. The lowest BCUT2D eigenvalue weighted by Crippen LogP contribution is -2.44. The maximum atomic E-state index is 13.4. The lowest BCUT2D eigenvalue weighted by atomic mass is 9.87. The van der Waals surface area contributed by atoms with Crippen molar-refractivity contribution in [2.24, 2.45) is 0 Å². The quantitative estimate of drug-likeness (QED) is 0.430. The van der Waals surface area contributed by atoms with Gasteiger partial charge in [-0.2, -0.15) is 0 Å². The lowest BCUT2D eigenvalue weighted by molar-refractivity contribution is -0.134. The molecule has 2 heterocycles. The van der Waals surface area contributed by atoms with Gasteiger partial charge in [-0.15, -0.1) is 0 Å². The molecule has 10 heteroatoms. The van der Waals surface area contributed by atoms with Crippen molar-refractivity contribution in [3.05, 3.63) is 89.6 Å². The van der Waals surface area contributed by atoms with Gasteiger partial charge in [-0.05, 0) is 48.4 Å². The Labute approximate surface area is 200 Å². The molecule has 1 atom stereocenters. The summed E-state index contributed by atoms with van der Waals surface area (Å²) in [5, 5.41) is 7.95. The monoisotopic (exact) mass is 478 g/mol. The molecule has 2 aromatic carbocycles. The molecule has 180 valence electrons. The Kier molecular flexibility index (Phi) is 6.63. The largest absolute Gasteiger partial charge is 0.467 e. The van der Waals surface area contributed by atoms with Crippen LogP contribution in [0.4, 0.5) is 14.9 Å². The number of anilines is 1. The summed E-state index contributed by atoms with van der Waals surface area (Å²) in [4.78, 5) is 52.1. The Balaban J connectivity index is 1.46. The first-order chi connectivity index (χ1) is 16.8. The van der Waals surface area contributed by atoms with Crippen molar-refractivity contribution in [1.29, 1.82) is 0 Å². The Morgan fingerprint density at radius 2 is 1.80 bits per heavy atom. The van der Waals surface area contributed by atoms with Crippen molar-refractivity contribution in [1.82, 2.24) is 15.5 Å². The average Bonchev–Trinajstić information content (AvgIpc) is 3.46. The SMILES string of the molecule is CCC1(c2ccc(F)cc2)NC(=O)N(CC(=O)Nc2ccccc2C(=O)NCc2ccco2)C1=O. The van der Waals surface area contributed by atoms with Gasteiger partial charge in [0.05, 0.1) is 24.1 Å². The standard InChI is InChI=1S/C25H23FN4O5/c1-2-25(16-9-11-17(26)12-10-16)23(33)30(24(34)29-25)15-21(31)28-20-8-4-3-7-19(20)22(32)27-14-18-6-5-13-35-18/h3-13H,2,14-15H2,1H3,(H,27,32)(H,28,31)(H,29,34). The van der Waals surface area contributed by atoms with E-state index in [1.807, 2.05) is 0 Å². The van der Waals surface area contributed by atoms with Gasteiger partial charge < -0.3 is 20.4 Å². The number of furan rings is 1. The average molecular weight is 478 g/mol. The van der Waals surface area contributed by atoms with Crippen LogP contribution in [0.3, 0.4) is 0 Å². The van der Waals surface area contributed by atoms with E-state index in [-0.39, 0.29) is 24.2 Å². The zero-order valence-electron chi connectivity index (χ0n) is 18.8. The molecule has 0 bridgehead atoms. The molecule has 1 aliphatic rings. The van der Waals surface area contributed by atoms with E-state index in [4.69, 9.17) is 4.42 Å². The van der Waals surface area contributed by atoms with Gasteiger partial charge in [0.25, 0.3) is 11.8 Å². The highest BCUT2D eigenvalue weighted by Crippen LogP contribution is 2.32. The number of halogens is 1. The molecule has 0 spiro atoms. The Morgan fingerprint density at radius 3 is 2.49 bits per heavy atom. The Bertz CT molecular complexity index is 1260. The number of hydrogen-bond acceptors (Lipinski definition) is 5. The van der Waals surface area contributed by atoms with Crippen LogP contribution in [0.2, 0.25) is 0 Å². The molecule has 1 aromatic heterocycles. The third-order valence-corrected chi connectivity index (χ3v) is 5.79. The van der Waals surface area contributed by atoms with Crippen molar-refractivity contribution in [2.75, 3.05) is 11.9 Å². The number of hydrogen-bond donors (Lipinski definition) is 3. The first kappa shape index (κ1) is 23.7. The third kappa shape index (κ3) is 4.77. The van der Waals surface area contributed by atoms with Crippen LogP contribution in [0.25, 0.3) is 0 Å². The topological polar surface area (TPSA) is 121 Å². The number of carbonyl (C=O) groups is 4. The summed E-state index contributed by atoms with van der Waals surface area (Å²) in [5.41, 5.74) is -0.545.